The van der Waals surface area contributed by atoms with Gasteiger partial charge in [-0.15, -0.1) is 0 Å². The van der Waals surface area contributed by atoms with Gasteiger partial charge in [-0.2, -0.15) is 4.31 Å². The third kappa shape index (κ3) is 2.95. The second kappa shape index (κ2) is 6.37. The number of hydrogen-bond acceptors (Lipinski definition) is 4. The van der Waals surface area contributed by atoms with Gasteiger partial charge in [0, 0.05) is 24.7 Å². The molecule has 0 spiro atoms. The van der Waals surface area contributed by atoms with Crippen molar-refractivity contribution >= 4 is 10.0 Å². The summed E-state index contributed by atoms with van der Waals surface area (Å²) in [5.41, 5.74) is 4.63. The van der Waals surface area contributed by atoms with Gasteiger partial charge in [0.1, 0.15) is 0 Å². The van der Waals surface area contributed by atoms with Gasteiger partial charge >= 0.3 is 0 Å². The van der Waals surface area contributed by atoms with Crippen molar-refractivity contribution in [3.05, 3.63) is 70.9 Å². The number of aryl methyl sites for hydroxylation is 2. The van der Waals surface area contributed by atoms with Gasteiger partial charge in [0.15, 0.2) is 5.76 Å². The molecule has 6 heteroatoms. The number of nitrogens with zero attached hydrogens (tertiary/aromatic N) is 2. The first-order valence-electron chi connectivity index (χ1n) is 8.56. The van der Waals surface area contributed by atoms with E-state index in [0.717, 1.165) is 23.2 Å². The predicted octanol–water partition coefficient (Wildman–Crippen LogP) is 3.71. The van der Waals surface area contributed by atoms with Crippen molar-refractivity contribution < 1.29 is 12.9 Å². The highest BCUT2D eigenvalue weighted by atomic mass is 32.2. The summed E-state index contributed by atoms with van der Waals surface area (Å²) in [6, 6.07) is 15.1. The summed E-state index contributed by atoms with van der Waals surface area (Å²) in [7, 11) is -3.54. The van der Waals surface area contributed by atoms with Crippen molar-refractivity contribution in [3.8, 4) is 11.3 Å². The molecule has 134 valence electrons. The molecule has 4 rings (SSSR count). The predicted molar refractivity (Wildman–Crippen MR) is 99.2 cm³/mol. The van der Waals surface area contributed by atoms with Gasteiger partial charge in [-0.1, -0.05) is 29.4 Å². The summed E-state index contributed by atoms with van der Waals surface area (Å²) >= 11 is 0. The molecule has 1 aliphatic rings. The Morgan fingerprint density at radius 1 is 1.04 bits per heavy atom. The van der Waals surface area contributed by atoms with Crippen molar-refractivity contribution in [1.29, 1.82) is 0 Å². The molecule has 0 radical (unpaired) electrons. The van der Waals surface area contributed by atoms with Crippen molar-refractivity contribution in [2.45, 2.75) is 31.7 Å². The molecule has 0 atom stereocenters. The third-order valence-electron chi connectivity index (χ3n) is 4.80. The van der Waals surface area contributed by atoms with E-state index < -0.39 is 10.0 Å². The Labute approximate surface area is 153 Å². The second-order valence-corrected chi connectivity index (χ2v) is 8.58. The molecule has 3 aromatic rings. The first kappa shape index (κ1) is 17.0. The Kier molecular flexibility index (Phi) is 4.17. The van der Waals surface area contributed by atoms with Gasteiger partial charge < -0.3 is 4.52 Å². The fourth-order valence-corrected chi connectivity index (χ4v) is 5.03. The van der Waals surface area contributed by atoms with Gasteiger partial charge in [-0.05, 0) is 55.2 Å². The lowest BCUT2D eigenvalue weighted by Crippen LogP contribution is -2.36. The van der Waals surface area contributed by atoms with Crippen LogP contribution in [0.3, 0.4) is 0 Å². The van der Waals surface area contributed by atoms with Gasteiger partial charge in [-0.3, -0.25) is 0 Å². The maximum Gasteiger partial charge on any atom is 0.243 e. The minimum absolute atomic E-state index is 0.344. The summed E-state index contributed by atoms with van der Waals surface area (Å²) < 4.78 is 33.2. The van der Waals surface area contributed by atoms with Gasteiger partial charge in [0.25, 0.3) is 0 Å². The first-order valence-corrected chi connectivity index (χ1v) is 10.0. The van der Waals surface area contributed by atoms with E-state index in [1.54, 1.807) is 16.4 Å². The Morgan fingerprint density at radius 3 is 2.50 bits per heavy atom. The van der Waals surface area contributed by atoms with Crippen LogP contribution in [-0.2, 0) is 23.0 Å². The van der Waals surface area contributed by atoms with Crippen LogP contribution in [0.15, 0.2) is 57.9 Å². The zero-order valence-corrected chi connectivity index (χ0v) is 15.6. The molecule has 0 bridgehead atoms. The third-order valence-corrected chi connectivity index (χ3v) is 6.81. The summed E-state index contributed by atoms with van der Waals surface area (Å²) in [5, 5.41) is 3.89. The van der Waals surface area contributed by atoms with Crippen LogP contribution in [0.1, 0.15) is 22.4 Å². The molecule has 0 fully saturated rings. The number of hydrogen-bond donors (Lipinski definition) is 0. The van der Waals surface area contributed by atoms with E-state index in [9.17, 15) is 8.42 Å². The van der Waals surface area contributed by atoms with E-state index in [-0.39, 0.29) is 0 Å². The number of fused-ring (bicyclic) bond motifs is 1. The topological polar surface area (TPSA) is 63.4 Å². The lowest BCUT2D eigenvalue weighted by atomic mass is 10.0. The quantitative estimate of drug-likeness (QED) is 0.707. The van der Waals surface area contributed by atoms with Gasteiger partial charge in [0.2, 0.25) is 10.0 Å². The Bertz CT molecular complexity index is 1070. The van der Waals surface area contributed by atoms with Crippen LogP contribution in [0.2, 0.25) is 0 Å². The zero-order valence-electron chi connectivity index (χ0n) is 14.8. The van der Waals surface area contributed by atoms with E-state index >= 15 is 0 Å². The van der Waals surface area contributed by atoms with E-state index in [0.29, 0.717) is 29.3 Å². The normalized spacial score (nSPS) is 15.0. The Balaban J connectivity index is 1.66. The Hall–Kier alpha value is -2.44. The lowest BCUT2D eigenvalue weighted by Gasteiger charge is -2.28. The van der Waals surface area contributed by atoms with Crippen LogP contribution in [0.25, 0.3) is 11.3 Å². The molecule has 5 nitrogen and oxygen atoms in total. The fourth-order valence-electron chi connectivity index (χ4n) is 3.41. The highest BCUT2D eigenvalue weighted by Crippen LogP contribution is 2.29. The maximum atomic E-state index is 13.2. The standard InChI is InChI=1S/C20H20N2O3S/c1-14-11-17(19-12-15(2)21-25-19)7-8-20(14)26(23,24)22-10-9-16-5-3-4-6-18(16)13-22/h3-8,11-12H,9-10,13H2,1-2H3. The van der Waals surface area contributed by atoms with E-state index in [2.05, 4.69) is 11.2 Å². The zero-order chi connectivity index (χ0) is 18.3. The van der Waals surface area contributed by atoms with E-state index in [1.807, 2.05) is 44.2 Å². The number of rotatable bonds is 3. The second-order valence-electron chi connectivity index (χ2n) is 6.67. The fraction of sp³-hybridized carbons (Fsp3) is 0.250. The van der Waals surface area contributed by atoms with Crippen LogP contribution >= 0.6 is 0 Å². The molecule has 1 aromatic heterocycles. The largest absolute Gasteiger partial charge is 0.356 e. The molecule has 0 aliphatic carbocycles. The molecular weight excluding hydrogens is 348 g/mol. The first-order chi connectivity index (χ1) is 12.4. The Morgan fingerprint density at radius 2 is 1.81 bits per heavy atom. The minimum Gasteiger partial charge on any atom is -0.356 e. The van der Waals surface area contributed by atoms with Crippen molar-refractivity contribution in [2.24, 2.45) is 0 Å². The molecule has 0 saturated carbocycles. The van der Waals surface area contributed by atoms with Crippen molar-refractivity contribution in [3.63, 3.8) is 0 Å². The van der Waals surface area contributed by atoms with Crippen LogP contribution in [-0.4, -0.2) is 24.4 Å². The number of sulfonamides is 1. The minimum atomic E-state index is -3.54. The summed E-state index contributed by atoms with van der Waals surface area (Å²) in [6.45, 7) is 4.59. The SMILES string of the molecule is Cc1cc(-c2ccc(S(=O)(=O)N3CCc4ccccc4C3)c(C)c2)on1. The molecule has 0 unspecified atom stereocenters. The van der Waals surface area contributed by atoms with E-state index in [1.165, 1.54) is 5.56 Å². The summed E-state index contributed by atoms with van der Waals surface area (Å²) in [4.78, 5) is 0.344. The molecule has 0 N–H and O–H groups in total. The highest BCUT2D eigenvalue weighted by molar-refractivity contribution is 7.89. The molecule has 1 aliphatic heterocycles. The van der Waals surface area contributed by atoms with Crippen molar-refractivity contribution in [1.82, 2.24) is 9.46 Å². The molecule has 0 saturated heterocycles. The van der Waals surface area contributed by atoms with Crippen LogP contribution in [0, 0.1) is 13.8 Å². The van der Waals surface area contributed by atoms with E-state index in [4.69, 9.17) is 4.52 Å². The van der Waals surface area contributed by atoms with Gasteiger partial charge in [0.05, 0.1) is 10.6 Å². The molecular formula is C20H20N2O3S. The lowest BCUT2D eigenvalue weighted by molar-refractivity contribution is 0.391. The van der Waals surface area contributed by atoms with Crippen LogP contribution < -0.4 is 0 Å². The molecule has 26 heavy (non-hydrogen) atoms. The smallest absolute Gasteiger partial charge is 0.243 e. The number of aromatic nitrogens is 1. The molecule has 0 amide bonds. The molecule has 2 aromatic carbocycles. The average molecular weight is 368 g/mol. The number of benzene rings is 2. The average Bonchev–Trinajstić information content (AvgIpc) is 3.07. The van der Waals surface area contributed by atoms with Crippen LogP contribution in [0.5, 0.6) is 0 Å². The monoisotopic (exact) mass is 368 g/mol. The maximum absolute atomic E-state index is 13.2. The van der Waals surface area contributed by atoms with Crippen molar-refractivity contribution in [2.75, 3.05) is 6.54 Å². The molecule has 2 heterocycles. The highest BCUT2D eigenvalue weighted by Gasteiger charge is 2.29. The summed E-state index contributed by atoms with van der Waals surface area (Å²) in [6.07, 6.45) is 0.740. The van der Waals surface area contributed by atoms with Crippen LogP contribution in [0.4, 0.5) is 0 Å². The summed E-state index contributed by atoms with van der Waals surface area (Å²) in [5.74, 6) is 0.640. The van der Waals surface area contributed by atoms with Gasteiger partial charge in [-0.25, -0.2) is 8.42 Å².